The van der Waals surface area contributed by atoms with Crippen molar-refractivity contribution in [2.24, 2.45) is 0 Å². The Morgan fingerprint density at radius 2 is 2.00 bits per heavy atom. The first kappa shape index (κ1) is 13.9. The van der Waals surface area contributed by atoms with E-state index in [1.54, 1.807) is 0 Å². The van der Waals surface area contributed by atoms with Gasteiger partial charge in [0, 0.05) is 25.4 Å². The zero-order chi connectivity index (χ0) is 13.8. The number of ether oxygens (including phenoxy) is 3. The number of rotatable bonds is 3. The first-order valence-electron chi connectivity index (χ1n) is 7.55. The Morgan fingerprint density at radius 1 is 1.25 bits per heavy atom. The van der Waals surface area contributed by atoms with Crippen molar-refractivity contribution in [3.05, 3.63) is 29.8 Å². The minimum Gasteiger partial charge on any atom is -0.494 e. The fourth-order valence-corrected chi connectivity index (χ4v) is 3.00. The van der Waals surface area contributed by atoms with Crippen LogP contribution < -0.4 is 10.1 Å². The highest BCUT2D eigenvalue weighted by atomic mass is 16.7. The van der Waals surface area contributed by atoms with Gasteiger partial charge in [-0.15, -0.1) is 0 Å². The fraction of sp³-hybridized carbons (Fsp3) is 0.625. The maximum Gasteiger partial charge on any atom is 0.171 e. The molecule has 1 atom stereocenters. The van der Waals surface area contributed by atoms with Crippen LogP contribution in [0, 0.1) is 0 Å². The van der Waals surface area contributed by atoms with Crippen molar-refractivity contribution < 1.29 is 14.2 Å². The zero-order valence-corrected chi connectivity index (χ0v) is 12.1. The van der Waals surface area contributed by atoms with Crippen LogP contribution >= 0.6 is 0 Å². The second kappa shape index (κ2) is 6.12. The van der Waals surface area contributed by atoms with E-state index in [2.05, 4.69) is 17.4 Å². The van der Waals surface area contributed by atoms with Crippen molar-refractivity contribution in [3.8, 4) is 5.75 Å². The van der Waals surface area contributed by atoms with Crippen molar-refractivity contribution in [2.45, 2.75) is 38.0 Å². The predicted octanol–water partition coefficient (Wildman–Crippen LogP) is 2.64. The molecule has 1 aromatic carbocycles. The molecule has 3 rings (SSSR count). The van der Waals surface area contributed by atoms with Crippen molar-refractivity contribution in [1.82, 2.24) is 5.32 Å². The van der Waals surface area contributed by atoms with Crippen LogP contribution in [-0.4, -0.2) is 32.2 Å². The van der Waals surface area contributed by atoms with Gasteiger partial charge in [0.2, 0.25) is 0 Å². The summed E-state index contributed by atoms with van der Waals surface area (Å²) in [6, 6.07) is 8.61. The first-order valence-corrected chi connectivity index (χ1v) is 7.55. The molecule has 4 heteroatoms. The summed E-state index contributed by atoms with van der Waals surface area (Å²) in [7, 11) is 0. The van der Waals surface area contributed by atoms with Crippen LogP contribution in [0.15, 0.2) is 24.3 Å². The molecule has 20 heavy (non-hydrogen) atoms. The number of piperidine rings is 1. The van der Waals surface area contributed by atoms with E-state index in [9.17, 15) is 0 Å². The number of hydrogen-bond acceptors (Lipinski definition) is 4. The standard InChI is InChI=1S/C16H23NO3/c1-2-18-14-6-4-13(5-7-14)15-12-16(8-9-17-15)19-10-3-11-20-16/h4-7,15,17H,2-3,8-12H2,1H3. The maximum atomic E-state index is 5.93. The van der Waals surface area contributed by atoms with E-state index >= 15 is 0 Å². The fourth-order valence-electron chi connectivity index (χ4n) is 3.00. The molecule has 4 nitrogen and oxygen atoms in total. The van der Waals surface area contributed by atoms with Crippen LogP contribution in [0.1, 0.15) is 37.8 Å². The molecule has 1 aromatic rings. The van der Waals surface area contributed by atoms with E-state index < -0.39 is 0 Å². The molecule has 2 fully saturated rings. The number of benzene rings is 1. The van der Waals surface area contributed by atoms with E-state index in [4.69, 9.17) is 14.2 Å². The van der Waals surface area contributed by atoms with Gasteiger partial charge in [-0.1, -0.05) is 12.1 Å². The molecule has 0 saturated carbocycles. The molecule has 0 aliphatic carbocycles. The van der Waals surface area contributed by atoms with Gasteiger partial charge in [-0.25, -0.2) is 0 Å². The highest BCUT2D eigenvalue weighted by molar-refractivity contribution is 5.29. The molecule has 2 heterocycles. The van der Waals surface area contributed by atoms with Crippen LogP contribution in [0.2, 0.25) is 0 Å². The predicted molar refractivity (Wildman–Crippen MR) is 76.8 cm³/mol. The monoisotopic (exact) mass is 277 g/mol. The Kier molecular flexibility index (Phi) is 4.24. The Hall–Kier alpha value is -1.10. The minimum absolute atomic E-state index is 0.289. The molecule has 0 radical (unpaired) electrons. The molecule has 0 amide bonds. The molecule has 2 aliphatic heterocycles. The highest BCUT2D eigenvalue weighted by Gasteiger charge is 2.40. The molecule has 0 bridgehead atoms. The lowest BCUT2D eigenvalue weighted by atomic mass is 9.92. The third-order valence-corrected chi connectivity index (χ3v) is 4.02. The molecule has 1 unspecified atom stereocenters. The molecule has 110 valence electrons. The highest BCUT2D eigenvalue weighted by Crippen LogP contribution is 2.36. The van der Waals surface area contributed by atoms with E-state index in [-0.39, 0.29) is 11.8 Å². The third kappa shape index (κ3) is 2.97. The topological polar surface area (TPSA) is 39.7 Å². The van der Waals surface area contributed by atoms with Gasteiger partial charge in [0.25, 0.3) is 0 Å². The summed E-state index contributed by atoms with van der Waals surface area (Å²) in [4.78, 5) is 0. The quantitative estimate of drug-likeness (QED) is 0.922. The summed E-state index contributed by atoms with van der Waals surface area (Å²) in [5.74, 6) is 0.555. The van der Waals surface area contributed by atoms with Gasteiger partial charge < -0.3 is 19.5 Å². The summed E-state index contributed by atoms with van der Waals surface area (Å²) < 4.78 is 17.4. The van der Waals surface area contributed by atoms with Crippen LogP contribution in [0.4, 0.5) is 0 Å². The zero-order valence-electron chi connectivity index (χ0n) is 12.1. The Labute approximate surface area is 120 Å². The van der Waals surface area contributed by atoms with E-state index in [0.717, 1.165) is 44.8 Å². The number of hydrogen-bond donors (Lipinski definition) is 1. The molecule has 1 N–H and O–H groups in total. The van der Waals surface area contributed by atoms with Crippen molar-refractivity contribution in [2.75, 3.05) is 26.4 Å². The average molecular weight is 277 g/mol. The largest absolute Gasteiger partial charge is 0.494 e. The number of nitrogens with one attached hydrogen (secondary N) is 1. The Balaban J connectivity index is 1.69. The van der Waals surface area contributed by atoms with Gasteiger partial charge in [0.1, 0.15) is 5.75 Å². The SMILES string of the molecule is CCOc1ccc(C2CC3(CCN2)OCCCO3)cc1. The smallest absolute Gasteiger partial charge is 0.171 e. The third-order valence-electron chi connectivity index (χ3n) is 4.02. The van der Waals surface area contributed by atoms with Crippen LogP contribution in [0.5, 0.6) is 5.75 Å². The second-order valence-corrected chi connectivity index (χ2v) is 5.42. The van der Waals surface area contributed by atoms with E-state index in [1.807, 2.05) is 19.1 Å². The summed E-state index contributed by atoms with van der Waals surface area (Å²) in [5.41, 5.74) is 1.27. The normalized spacial score (nSPS) is 25.6. The van der Waals surface area contributed by atoms with Gasteiger partial charge in [-0.05, 0) is 31.0 Å². The lowest BCUT2D eigenvalue weighted by molar-refractivity contribution is -0.281. The van der Waals surface area contributed by atoms with Gasteiger partial charge in [0.05, 0.1) is 19.8 Å². The van der Waals surface area contributed by atoms with E-state index in [0.29, 0.717) is 6.61 Å². The average Bonchev–Trinajstić information content (AvgIpc) is 2.49. The Bertz CT molecular complexity index is 420. The summed E-state index contributed by atoms with van der Waals surface area (Å²) >= 11 is 0. The van der Waals surface area contributed by atoms with Crippen molar-refractivity contribution in [3.63, 3.8) is 0 Å². The molecular weight excluding hydrogens is 254 g/mol. The summed E-state index contributed by atoms with van der Waals surface area (Å²) in [6.07, 6.45) is 2.81. The second-order valence-electron chi connectivity index (χ2n) is 5.42. The van der Waals surface area contributed by atoms with Crippen LogP contribution in [0.25, 0.3) is 0 Å². The van der Waals surface area contributed by atoms with Crippen LogP contribution in [0.3, 0.4) is 0 Å². The molecule has 2 saturated heterocycles. The molecule has 0 aromatic heterocycles. The molecule has 2 aliphatic rings. The lowest BCUT2D eigenvalue weighted by Crippen LogP contribution is -2.49. The summed E-state index contributed by atoms with van der Waals surface area (Å²) in [5, 5.41) is 3.56. The lowest BCUT2D eigenvalue weighted by Gasteiger charge is -2.43. The van der Waals surface area contributed by atoms with Gasteiger partial charge in [0.15, 0.2) is 5.79 Å². The summed E-state index contributed by atoms with van der Waals surface area (Å²) in [6.45, 7) is 5.26. The van der Waals surface area contributed by atoms with Gasteiger partial charge in [-0.2, -0.15) is 0 Å². The van der Waals surface area contributed by atoms with E-state index in [1.165, 1.54) is 5.56 Å². The van der Waals surface area contributed by atoms with Crippen LogP contribution in [-0.2, 0) is 9.47 Å². The molecular formula is C16H23NO3. The minimum atomic E-state index is -0.368. The van der Waals surface area contributed by atoms with Crippen molar-refractivity contribution >= 4 is 0 Å². The molecule has 1 spiro atoms. The Morgan fingerprint density at radius 3 is 2.70 bits per heavy atom. The maximum absolute atomic E-state index is 5.93. The van der Waals surface area contributed by atoms with Crippen molar-refractivity contribution in [1.29, 1.82) is 0 Å². The van der Waals surface area contributed by atoms with Gasteiger partial charge in [-0.3, -0.25) is 0 Å². The van der Waals surface area contributed by atoms with Gasteiger partial charge >= 0.3 is 0 Å². The first-order chi connectivity index (χ1) is 9.81.